The molecule has 0 radical (unpaired) electrons. The van der Waals surface area contributed by atoms with Gasteiger partial charge in [0, 0.05) is 41.0 Å². The van der Waals surface area contributed by atoms with Crippen molar-refractivity contribution < 1.29 is 23.8 Å². The number of oxazole rings is 1. The number of anilines is 1. The van der Waals surface area contributed by atoms with Crippen molar-refractivity contribution >= 4 is 23.4 Å². The van der Waals surface area contributed by atoms with Gasteiger partial charge >= 0.3 is 0 Å². The van der Waals surface area contributed by atoms with E-state index in [0.29, 0.717) is 23.8 Å². The van der Waals surface area contributed by atoms with Gasteiger partial charge < -0.3 is 24.3 Å². The van der Waals surface area contributed by atoms with Gasteiger partial charge in [0.2, 0.25) is 5.91 Å². The molecule has 6 rings (SSSR count). The van der Waals surface area contributed by atoms with Gasteiger partial charge in [-0.2, -0.15) is 0 Å². The number of nitrogens with zero attached hydrogens (tertiary/aromatic N) is 1. The minimum Gasteiger partial charge on any atom is -0.431 e. The van der Waals surface area contributed by atoms with Gasteiger partial charge in [-0.25, -0.2) is 4.98 Å². The molecule has 248 valence electrons. The lowest BCUT2D eigenvalue weighted by atomic mass is 10.0. The molecule has 4 aromatic carbocycles. The van der Waals surface area contributed by atoms with Crippen LogP contribution in [0.2, 0.25) is 0 Å². The van der Waals surface area contributed by atoms with Crippen molar-refractivity contribution in [3.05, 3.63) is 126 Å². The zero-order valence-electron chi connectivity index (χ0n) is 27.2. The number of ether oxygens (including phenoxy) is 2. The summed E-state index contributed by atoms with van der Waals surface area (Å²) in [6.45, 7) is 2.15. The zero-order chi connectivity index (χ0) is 33.1. The van der Waals surface area contributed by atoms with E-state index in [-0.39, 0.29) is 24.7 Å². The number of carbonyl (C=O) groups excluding carboxylic acids is 1. The number of aliphatic hydroxyl groups is 1. The van der Waals surface area contributed by atoms with Crippen LogP contribution in [0.15, 0.2) is 119 Å². The van der Waals surface area contributed by atoms with Crippen LogP contribution >= 0.6 is 11.8 Å². The predicted octanol–water partition coefficient (Wildman–Crippen LogP) is 9.75. The Labute approximate surface area is 286 Å². The van der Waals surface area contributed by atoms with Crippen molar-refractivity contribution in [3.8, 4) is 22.6 Å². The molecular weight excluding hydrogens is 621 g/mol. The highest BCUT2D eigenvalue weighted by Gasteiger charge is 2.33. The molecule has 48 heavy (non-hydrogen) atoms. The Morgan fingerprint density at radius 1 is 0.833 bits per heavy atom. The van der Waals surface area contributed by atoms with Gasteiger partial charge in [0.05, 0.1) is 18.8 Å². The molecule has 5 aromatic rings. The highest BCUT2D eigenvalue weighted by Crippen LogP contribution is 2.41. The third-order valence-electron chi connectivity index (χ3n) is 8.42. The van der Waals surface area contributed by atoms with E-state index < -0.39 is 6.29 Å². The Morgan fingerprint density at radius 2 is 1.52 bits per heavy atom. The molecule has 1 amide bonds. The number of hydrogen-bond donors (Lipinski definition) is 2. The zero-order valence-corrected chi connectivity index (χ0v) is 28.0. The second-order valence-corrected chi connectivity index (χ2v) is 13.0. The summed E-state index contributed by atoms with van der Waals surface area (Å²) in [4.78, 5) is 17.4. The number of unbranched alkanes of at least 4 members (excludes halogenated alkanes) is 3. The van der Waals surface area contributed by atoms with Crippen LogP contribution in [-0.4, -0.2) is 27.9 Å². The number of nitrogens with one attached hydrogen (secondary N) is 1. The smallest absolute Gasteiger partial charge is 0.256 e. The molecule has 1 aliphatic rings. The van der Waals surface area contributed by atoms with Crippen LogP contribution in [0.1, 0.15) is 74.5 Å². The highest BCUT2D eigenvalue weighted by molar-refractivity contribution is 7.99. The van der Waals surface area contributed by atoms with Gasteiger partial charge in [0.1, 0.15) is 5.69 Å². The molecule has 2 heterocycles. The molecule has 1 fully saturated rings. The van der Waals surface area contributed by atoms with Crippen molar-refractivity contribution in [2.45, 2.75) is 75.8 Å². The second kappa shape index (κ2) is 16.8. The van der Waals surface area contributed by atoms with Crippen LogP contribution in [0.4, 0.5) is 5.69 Å². The first-order valence-electron chi connectivity index (χ1n) is 16.7. The van der Waals surface area contributed by atoms with Crippen molar-refractivity contribution in [2.75, 3.05) is 11.1 Å². The normalized spacial score (nSPS) is 17.7. The molecule has 1 saturated heterocycles. The highest BCUT2D eigenvalue weighted by atomic mass is 32.2. The number of thioether (sulfide) groups is 1. The monoisotopic (exact) mass is 662 g/mol. The van der Waals surface area contributed by atoms with Crippen LogP contribution in [0.5, 0.6) is 0 Å². The molecular formula is C40H42N2O5S. The van der Waals surface area contributed by atoms with E-state index in [9.17, 15) is 9.90 Å². The standard InChI is InChI=1S/C40H42N2O5S/c1-2-3-4-11-16-36(44)41-33-23-21-32(22-24-33)39-45-34(25-35(46-39)29-19-17-28(26-43)18-20-29)27-48-40-42-37(30-12-7-5-8-13-30)38(47-40)31-14-9-6-10-15-31/h5-10,12-15,17-24,34-35,39,43H,2-4,11,16,25-27H2,1H3,(H,41,44)/t34-,35+,39+/m1/s1. The van der Waals surface area contributed by atoms with E-state index >= 15 is 0 Å². The molecule has 0 unspecified atom stereocenters. The fraction of sp³-hybridized carbons (Fsp3) is 0.300. The van der Waals surface area contributed by atoms with E-state index in [1.165, 1.54) is 11.8 Å². The molecule has 2 N–H and O–H groups in total. The number of aliphatic hydroxyl groups excluding tert-OH is 1. The van der Waals surface area contributed by atoms with Crippen LogP contribution in [0, 0.1) is 0 Å². The van der Waals surface area contributed by atoms with Gasteiger partial charge in [-0.3, -0.25) is 4.79 Å². The molecule has 0 saturated carbocycles. The lowest BCUT2D eigenvalue weighted by molar-refractivity contribution is -0.245. The Morgan fingerprint density at radius 3 is 2.21 bits per heavy atom. The molecule has 8 heteroatoms. The first-order valence-corrected chi connectivity index (χ1v) is 17.7. The number of rotatable bonds is 14. The summed E-state index contributed by atoms with van der Waals surface area (Å²) in [6, 6.07) is 35.7. The quantitative estimate of drug-likeness (QED) is 0.0903. The maximum absolute atomic E-state index is 12.4. The van der Waals surface area contributed by atoms with Gasteiger partial charge in [-0.15, -0.1) is 0 Å². The maximum Gasteiger partial charge on any atom is 0.256 e. The summed E-state index contributed by atoms with van der Waals surface area (Å²) in [6.07, 6.45) is 4.46. The molecule has 0 aliphatic carbocycles. The van der Waals surface area contributed by atoms with Crippen LogP contribution in [0.3, 0.4) is 0 Å². The first-order chi connectivity index (χ1) is 23.6. The van der Waals surface area contributed by atoms with E-state index in [1.54, 1.807) is 0 Å². The number of benzene rings is 4. The summed E-state index contributed by atoms with van der Waals surface area (Å²) >= 11 is 1.53. The van der Waals surface area contributed by atoms with Crippen LogP contribution in [-0.2, 0) is 20.9 Å². The predicted molar refractivity (Wildman–Crippen MR) is 190 cm³/mol. The topological polar surface area (TPSA) is 93.8 Å². The van der Waals surface area contributed by atoms with Gasteiger partial charge in [-0.05, 0) is 29.7 Å². The Bertz CT molecular complexity index is 1670. The van der Waals surface area contributed by atoms with Crippen molar-refractivity contribution in [2.24, 2.45) is 0 Å². The molecule has 0 bridgehead atoms. The number of hydrogen-bond acceptors (Lipinski definition) is 7. The summed E-state index contributed by atoms with van der Waals surface area (Å²) in [7, 11) is 0. The van der Waals surface area contributed by atoms with E-state index in [4.69, 9.17) is 18.9 Å². The first kappa shape index (κ1) is 33.7. The fourth-order valence-electron chi connectivity index (χ4n) is 5.79. The third-order valence-corrected chi connectivity index (χ3v) is 9.38. The summed E-state index contributed by atoms with van der Waals surface area (Å²) in [5.74, 6) is 1.38. The summed E-state index contributed by atoms with van der Waals surface area (Å²) in [5.41, 5.74) is 6.28. The van der Waals surface area contributed by atoms with E-state index in [0.717, 1.165) is 70.6 Å². The molecule has 1 aliphatic heterocycles. The largest absolute Gasteiger partial charge is 0.431 e. The molecule has 0 spiro atoms. The number of aromatic nitrogens is 1. The minimum absolute atomic E-state index is 0.00941. The Balaban J connectivity index is 1.18. The molecule has 3 atom stereocenters. The third kappa shape index (κ3) is 8.82. The van der Waals surface area contributed by atoms with Crippen LogP contribution < -0.4 is 5.32 Å². The average molecular weight is 663 g/mol. The second-order valence-electron chi connectivity index (χ2n) is 12.0. The van der Waals surface area contributed by atoms with Crippen molar-refractivity contribution in [1.82, 2.24) is 4.98 Å². The van der Waals surface area contributed by atoms with Crippen LogP contribution in [0.25, 0.3) is 22.6 Å². The summed E-state index contributed by atoms with van der Waals surface area (Å²) < 4.78 is 19.5. The fourth-order valence-corrected chi connectivity index (χ4v) is 6.63. The summed E-state index contributed by atoms with van der Waals surface area (Å²) in [5, 5.41) is 13.2. The van der Waals surface area contributed by atoms with E-state index in [1.807, 2.05) is 109 Å². The Hall–Kier alpha value is -4.21. The lowest BCUT2D eigenvalue weighted by Gasteiger charge is -2.36. The van der Waals surface area contributed by atoms with Crippen molar-refractivity contribution in [1.29, 1.82) is 0 Å². The lowest BCUT2D eigenvalue weighted by Crippen LogP contribution is -2.31. The molecule has 1 aromatic heterocycles. The van der Waals surface area contributed by atoms with Gasteiger partial charge in [-0.1, -0.05) is 135 Å². The number of carbonyl (C=O) groups is 1. The van der Waals surface area contributed by atoms with E-state index in [2.05, 4.69) is 12.2 Å². The maximum atomic E-state index is 12.4. The SMILES string of the molecule is CCCCCCC(=O)Nc1ccc([C@H]2O[C@@H](CSc3nc(-c4ccccc4)c(-c4ccccc4)o3)C[C@@H](c3ccc(CO)cc3)O2)cc1. The number of amides is 1. The minimum atomic E-state index is -0.602. The average Bonchev–Trinajstić information content (AvgIpc) is 3.58. The van der Waals surface area contributed by atoms with Gasteiger partial charge in [0.25, 0.3) is 5.22 Å². The van der Waals surface area contributed by atoms with Gasteiger partial charge in [0.15, 0.2) is 12.1 Å². The van der Waals surface area contributed by atoms with Crippen molar-refractivity contribution in [3.63, 3.8) is 0 Å². The Kier molecular flexibility index (Phi) is 11.8. The molecule has 7 nitrogen and oxygen atoms in total.